The van der Waals surface area contributed by atoms with E-state index in [1.165, 1.54) is 31.3 Å². The summed E-state index contributed by atoms with van der Waals surface area (Å²) in [6, 6.07) is 0. The summed E-state index contributed by atoms with van der Waals surface area (Å²) >= 11 is 0. The van der Waals surface area contributed by atoms with Crippen molar-refractivity contribution in [3.63, 3.8) is 0 Å². The van der Waals surface area contributed by atoms with E-state index < -0.39 is 23.9 Å². The lowest BCUT2D eigenvalue weighted by Gasteiger charge is -2.44. The second-order valence-electron chi connectivity index (χ2n) is 11.5. The number of fused-ring (bicyclic) bond motifs is 1. The van der Waals surface area contributed by atoms with Crippen molar-refractivity contribution in [2.75, 3.05) is 0 Å². The van der Waals surface area contributed by atoms with Crippen molar-refractivity contribution in [3.8, 4) is 0 Å². The molecule has 0 aliphatic heterocycles. The molecule has 176 valence electrons. The Balaban J connectivity index is 1.72. The molecule has 0 amide bonds. The molecule has 0 saturated heterocycles. The number of rotatable bonds is 6. The molecule has 0 heterocycles. The lowest BCUT2D eigenvalue weighted by Crippen LogP contribution is -2.37. The molecule has 31 heavy (non-hydrogen) atoms. The Bertz CT molecular complexity index is 715. The van der Waals surface area contributed by atoms with Gasteiger partial charge in [0.15, 0.2) is 0 Å². The molecule has 4 nitrogen and oxygen atoms in total. The molecule has 0 radical (unpaired) electrons. The molecule has 0 spiro atoms. The van der Waals surface area contributed by atoms with E-state index in [1.54, 1.807) is 13.8 Å². The fourth-order valence-corrected chi connectivity index (χ4v) is 6.93. The third kappa shape index (κ3) is 5.71. The minimum atomic E-state index is -0.834. The van der Waals surface area contributed by atoms with Crippen molar-refractivity contribution in [3.05, 3.63) is 35.5 Å². The summed E-state index contributed by atoms with van der Waals surface area (Å²) < 4.78 is 0. The molecule has 4 N–H and O–H groups in total. The molecular formula is C27H44O4. The maximum atomic E-state index is 10.5. The second-order valence-corrected chi connectivity index (χ2v) is 11.5. The van der Waals surface area contributed by atoms with Crippen LogP contribution in [-0.4, -0.2) is 44.3 Å². The summed E-state index contributed by atoms with van der Waals surface area (Å²) in [5.41, 5.74) is 2.64. The Hall–Kier alpha value is -0.940. The van der Waals surface area contributed by atoms with E-state index in [0.717, 1.165) is 24.0 Å². The quantitative estimate of drug-likeness (QED) is 0.491. The highest BCUT2D eigenvalue weighted by Crippen LogP contribution is 2.60. The fourth-order valence-electron chi connectivity index (χ4n) is 6.93. The molecule has 7 atom stereocenters. The normalized spacial score (nSPS) is 39.0. The molecule has 0 aromatic heterocycles. The smallest absolute Gasteiger partial charge is 0.0811 e. The predicted octanol–water partition coefficient (Wildman–Crippen LogP) is 4.68. The van der Waals surface area contributed by atoms with Gasteiger partial charge in [-0.05, 0) is 93.1 Å². The van der Waals surface area contributed by atoms with Crippen LogP contribution in [0.3, 0.4) is 0 Å². The van der Waals surface area contributed by atoms with E-state index in [1.807, 2.05) is 0 Å². The summed E-state index contributed by atoms with van der Waals surface area (Å²) in [6.07, 6.45) is 10.8. The van der Waals surface area contributed by atoms with E-state index in [-0.39, 0.29) is 5.41 Å². The van der Waals surface area contributed by atoms with Gasteiger partial charge in [0.05, 0.1) is 23.9 Å². The molecular weight excluding hydrogens is 388 g/mol. The zero-order chi connectivity index (χ0) is 23.0. The van der Waals surface area contributed by atoms with Gasteiger partial charge in [-0.15, -0.1) is 0 Å². The highest BCUT2D eigenvalue weighted by atomic mass is 16.3. The molecule has 3 fully saturated rings. The van der Waals surface area contributed by atoms with Crippen LogP contribution in [0.4, 0.5) is 0 Å². The van der Waals surface area contributed by atoms with Gasteiger partial charge >= 0.3 is 0 Å². The lowest BCUT2D eigenvalue weighted by molar-refractivity contribution is 0.000127. The van der Waals surface area contributed by atoms with E-state index in [4.69, 9.17) is 0 Å². The molecule has 4 heteroatoms. The average Bonchev–Trinajstić information content (AvgIpc) is 2.99. The summed E-state index contributed by atoms with van der Waals surface area (Å²) in [5, 5.41) is 40.7. The number of aliphatic hydroxyl groups excluding tert-OH is 3. The first-order chi connectivity index (χ1) is 14.4. The number of allylic oxidation sites excluding steroid dienone is 3. The van der Waals surface area contributed by atoms with Crippen molar-refractivity contribution >= 4 is 0 Å². The summed E-state index contributed by atoms with van der Waals surface area (Å²) in [7, 11) is 0. The van der Waals surface area contributed by atoms with Crippen LogP contribution in [0.2, 0.25) is 0 Å². The fraction of sp³-hybridized carbons (Fsp3) is 0.778. The minimum absolute atomic E-state index is 0.249. The summed E-state index contributed by atoms with van der Waals surface area (Å²) in [5.74, 6) is 1.57. The highest BCUT2D eigenvalue weighted by molar-refractivity contribution is 5.38. The number of hydrogen-bond donors (Lipinski definition) is 4. The second kappa shape index (κ2) is 9.51. The van der Waals surface area contributed by atoms with Gasteiger partial charge in [-0.2, -0.15) is 0 Å². The zero-order valence-corrected chi connectivity index (χ0v) is 20.0. The van der Waals surface area contributed by atoms with Crippen LogP contribution < -0.4 is 0 Å². The van der Waals surface area contributed by atoms with E-state index in [0.29, 0.717) is 37.0 Å². The van der Waals surface area contributed by atoms with Gasteiger partial charge in [-0.3, -0.25) is 0 Å². The molecule has 3 saturated carbocycles. The Labute approximate surface area is 188 Å². The van der Waals surface area contributed by atoms with Crippen LogP contribution in [0, 0.1) is 23.2 Å². The van der Waals surface area contributed by atoms with Crippen molar-refractivity contribution in [2.45, 2.75) is 109 Å². The molecule has 3 rings (SSSR count). The van der Waals surface area contributed by atoms with Crippen molar-refractivity contribution < 1.29 is 20.4 Å². The van der Waals surface area contributed by atoms with Gasteiger partial charge in [0.2, 0.25) is 0 Å². The molecule has 0 aromatic carbocycles. The predicted molar refractivity (Wildman–Crippen MR) is 125 cm³/mol. The van der Waals surface area contributed by atoms with Crippen LogP contribution >= 0.6 is 0 Å². The van der Waals surface area contributed by atoms with Gasteiger partial charge in [0, 0.05) is 12.8 Å². The number of aliphatic hydroxyl groups is 4. The standard InChI is InChI=1S/C27H44O4/c1-17(13-22(29)16-26(3,4)31)23-10-11-24-19(7-6-12-27(23,24)5)8-9-20-14-21(28)15-25(30)18(20)2/h8-9,17,21-25,28-31H,2,6-7,10-16H2,1,3-5H3/b19-8+,20-9-/t17-,21+,22+,23+,24?,25-,27+/m1/s1. The Morgan fingerprint density at radius 3 is 2.61 bits per heavy atom. The van der Waals surface area contributed by atoms with E-state index in [9.17, 15) is 20.4 Å². The zero-order valence-electron chi connectivity index (χ0n) is 20.0. The molecule has 1 unspecified atom stereocenters. The Morgan fingerprint density at radius 2 is 1.94 bits per heavy atom. The van der Waals surface area contributed by atoms with E-state index >= 15 is 0 Å². The van der Waals surface area contributed by atoms with Crippen molar-refractivity contribution in [2.24, 2.45) is 23.2 Å². The maximum Gasteiger partial charge on any atom is 0.0811 e. The van der Waals surface area contributed by atoms with Gasteiger partial charge in [0.1, 0.15) is 0 Å². The largest absolute Gasteiger partial charge is 0.393 e. The Morgan fingerprint density at radius 1 is 1.23 bits per heavy atom. The third-order valence-electron chi connectivity index (χ3n) is 8.37. The average molecular weight is 433 g/mol. The molecule has 3 aliphatic carbocycles. The lowest BCUT2D eigenvalue weighted by atomic mass is 9.60. The number of hydrogen-bond acceptors (Lipinski definition) is 4. The van der Waals surface area contributed by atoms with E-state index in [2.05, 4.69) is 32.6 Å². The van der Waals surface area contributed by atoms with Gasteiger partial charge in [-0.1, -0.05) is 38.2 Å². The molecule has 0 bridgehead atoms. The van der Waals surface area contributed by atoms with Crippen LogP contribution in [0.1, 0.15) is 85.5 Å². The van der Waals surface area contributed by atoms with Crippen molar-refractivity contribution in [1.29, 1.82) is 0 Å². The Kier molecular flexibility index (Phi) is 7.57. The first-order valence-corrected chi connectivity index (χ1v) is 12.3. The van der Waals surface area contributed by atoms with Gasteiger partial charge in [-0.25, -0.2) is 0 Å². The highest BCUT2D eigenvalue weighted by Gasteiger charge is 2.50. The van der Waals surface area contributed by atoms with Gasteiger partial charge in [0.25, 0.3) is 0 Å². The third-order valence-corrected chi connectivity index (χ3v) is 8.37. The first-order valence-electron chi connectivity index (χ1n) is 12.3. The maximum absolute atomic E-state index is 10.5. The van der Waals surface area contributed by atoms with Crippen molar-refractivity contribution in [1.82, 2.24) is 0 Å². The monoisotopic (exact) mass is 432 g/mol. The van der Waals surface area contributed by atoms with Crippen LogP contribution in [0.5, 0.6) is 0 Å². The van der Waals surface area contributed by atoms with Gasteiger partial charge < -0.3 is 20.4 Å². The van der Waals surface area contributed by atoms with Crippen LogP contribution in [0.25, 0.3) is 0 Å². The molecule has 3 aliphatic rings. The SMILES string of the molecule is C=C1/C(=C\C=C2/CCC[C@]3(C)C2CC[C@H]3[C@H](C)C[C@H](O)CC(C)(C)O)C[C@H](O)C[C@H]1O. The van der Waals surface area contributed by atoms with Crippen LogP contribution in [-0.2, 0) is 0 Å². The van der Waals surface area contributed by atoms with Crippen LogP contribution in [0.15, 0.2) is 35.5 Å². The molecule has 0 aromatic rings. The first kappa shape index (κ1) is 24.7. The summed E-state index contributed by atoms with van der Waals surface area (Å²) in [6.45, 7) is 12.3. The topological polar surface area (TPSA) is 80.9 Å². The summed E-state index contributed by atoms with van der Waals surface area (Å²) in [4.78, 5) is 0. The minimum Gasteiger partial charge on any atom is -0.393 e.